The predicted octanol–water partition coefficient (Wildman–Crippen LogP) is 3.09. The van der Waals surface area contributed by atoms with Crippen LogP contribution < -0.4 is 11.2 Å². The van der Waals surface area contributed by atoms with Crippen LogP contribution in [-0.2, 0) is 19.6 Å². The summed E-state index contributed by atoms with van der Waals surface area (Å²) < 4.78 is 4.38. The molecule has 0 unspecified atom stereocenters. The number of nitrogens with zero attached hydrogens (tertiary/aromatic N) is 4. The molecule has 0 bridgehead atoms. The van der Waals surface area contributed by atoms with E-state index in [4.69, 9.17) is 0 Å². The van der Waals surface area contributed by atoms with Crippen LogP contribution in [0.5, 0.6) is 0 Å². The minimum absolute atomic E-state index is 0.124. The second-order valence-corrected chi connectivity index (χ2v) is 6.17. The highest BCUT2D eigenvalue weighted by Crippen LogP contribution is 2.15. The SMILES string of the molecule is C=CCn1c(=O)c2c(nc(/C=C/c3ccccc3)n2CC=C)n(CC=C)c1=O. The Morgan fingerprint density at radius 3 is 2.07 bits per heavy atom. The lowest BCUT2D eigenvalue weighted by atomic mass is 10.2. The van der Waals surface area contributed by atoms with Crippen LogP contribution >= 0.6 is 0 Å². The number of allylic oxidation sites excluding steroid dienone is 3. The molecule has 0 atom stereocenters. The molecule has 2 aromatic heterocycles. The first kappa shape index (κ1) is 19.1. The van der Waals surface area contributed by atoms with E-state index in [1.54, 1.807) is 16.7 Å². The molecule has 3 rings (SSSR count). The van der Waals surface area contributed by atoms with Gasteiger partial charge in [-0.3, -0.25) is 13.9 Å². The zero-order valence-electron chi connectivity index (χ0n) is 15.6. The van der Waals surface area contributed by atoms with E-state index in [1.165, 1.54) is 10.6 Å². The Balaban J connectivity index is 2.32. The van der Waals surface area contributed by atoms with E-state index in [-0.39, 0.29) is 13.1 Å². The van der Waals surface area contributed by atoms with Crippen molar-refractivity contribution < 1.29 is 0 Å². The van der Waals surface area contributed by atoms with Crippen LogP contribution in [0.2, 0.25) is 0 Å². The Morgan fingerprint density at radius 2 is 1.43 bits per heavy atom. The first-order chi connectivity index (χ1) is 13.6. The van der Waals surface area contributed by atoms with E-state index in [2.05, 4.69) is 24.7 Å². The number of imidazole rings is 1. The third kappa shape index (κ3) is 3.44. The molecule has 0 amide bonds. The maximum Gasteiger partial charge on any atom is 0.333 e. The van der Waals surface area contributed by atoms with Crippen LogP contribution in [0, 0.1) is 0 Å². The largest absolute Gasteiger partial charge is 0.333 e. The highest BCUT2D eigenvalue weighted by Gasteiger charge is 2.19. The molecule has 142 valence electrons. The molecule has 0 spiro atoms. The Morgan fingerprint density at radius 1 is 0.821 bits per heavy atom. The fourth-order valence-electron chi connectivity index (χ4n) is 3.07. The molecular formula is C22H22N4O2. The molecule has 0 fully saturated rings. The number of rotatable bonds is 8. The molecule has 0 aliphatic heterocycles. The van der Waals surface area contributed by atoms with E-state index in [9.17, 15) is 9.59 Å². The average Bonchev–Trinajstić information content (AvgIpc) is 3.06. The van der Waals surface area contributed by atoms with Crippen molar-refractivity contribution in [3.63, 3.8) is 0 Å². The van der Waals surface area contributed by atoms with Crippen LogP contribution in [0.25, 0.3) is 23.3 Å². The van der Waals surface area contributed by atoms with Crippen molar-refractivity contribution >= 4 is 23.3 Å². The zero-order chi connectivity index (χ0) is 20.1. The number of aromatic nitrogens is 4. The Bertz CT molecular complexity index is 1180. The standard InChI is InChI=1S/C22H22N4O2/c1-4-14-24-18(13-12-17-10-8-7-9-11-17)23-20-19(24)21(27)26(16-6-3)22(28)25(20)15-5-2/h4-13H,1-3,14-16H2/b13-12+. The van der Waals surface area contributed by atoms with Gasteiger partial charge >= 0.3 is 5.69 Å². The number of fused-ring (bicyclic) bond motifs is 1. The van der Waals surface area contributed by atoms with Crippen molar-refractivity contribution in [1.29, 1.82) is 0 Å². The summed E-state index contributed by atoms with van der Waals surface area (Å²) in [6.07, 6.45) is 8.58. The summed E-state index contributed by atoms with van der Waals surface area (Å²) in [5.74, 6) is 0.574. The van der Waals surface area contributed by atoms with Gasteiger partial charge in [0.05, 0.1) is 0 Å². The summed E-state index contributed by atoms with van der Waals surface area (Å²) in [6.45, 7) is 11.9. The fraction of sp³-hybridized carbons (Fsp3) is 0.136. The Kier molecular flexibility index (Phi) is 5.69. The first-order valence-corrected chi connectivity index (χ1v) is 8.92. The lowest BCUT2D eigenvalue weighted by molar-refractivity contribution is 0.643. The van der Waals surface area contributed by atoms with Crippen LogP contribution in [0.15, 0.2) is 77.9 Å². The van der Waals surface area contributed by atoms with Crippen LogP contribution in [0.1, 0.15) is 11.4 Å². The number of hydrogen-bond donors (Lipinski definition) is 0. The van der Waals surface area contributed by atoms with E-state index in [0.29, 0.717) is 23.5 Å². The summed E-state index contributed by atoms with van der Waals surface area (Å²) in [5.41, 5.74) is 0.876. The van der Waals surface area contributed by atoms with Gasteiger partial charge in [0.25, 0.3) is 5.56 Å². The normalized spacial score (nSPS) is 11.1. The van der Waals surface area contributed by atoms with E-state index in [1.807, 2.05) is 42.5 Å². The maximum absolute atomic E-state index is 13.0. The molecule has 3 aromatic rings. The summed E-state index contributed by atoms with van der Waals surface area (Å²) >= 11 is 0. The second-order valence-electron chi connectivity index (χ2n) is 6.17. The summed E-state index contributed by atoms with van der Waals surface area (Å²) in [4.78, 5) is 30.4. The third-order valence-electron chi connectivity index (χ3n) is 4.30. The molecular weight excluding hydrogens is 352 g/mol. The molecule has 2 heterocycles. The van der Waals surface area contributed by atoms with Gasteiger partial charge in [-0.25, -0.2) is 9.78 Å². The van der Waals surface area contributed by atoms with Crippen LogP contribution in [-0.4, -0.2) is 18.7 Å². The van der Waals surface area contributed by atoms with Crippen molar-refractivity contribution in [2.45, 2.75) is 19.6 Å². The number of hydrogen-bond acceptors (Lipinski definition) is 3. The van der Waals surface area contributed by atoms with Gasteiger partial charge in [0.2, 0.25) is 0 Å². The highest BCUT2D eigenvalue weighted by molar-refractivity contribution is 5.77. The van der Waals surface area contributed by atoms with E-state index >= 15 is 0 Å². The molecule has 0 aliphatic rings. The third-order valence-corrected chi connectivity index (χ3v) is 4.30. The summed E-state index contributed by atoms with van der Waals surface area (Å²) in [7, 11) is 0. The lowest BCUT2D eigenvalue weighted by Crippen LogP contribution is -2.40. The first-order valence-electron chi connectivity index (χ1n) is 8.92. The molecule has 0 aliphatic carbocycles. The van der Waals surface area contributed by atoms with Gasteiger partial charge < -0.3 is 4.57 Å². The van der Waals surface area contributed by atoms with Gasteiger partial charge in [-0.15, -0.1) is 19.7 Å². The minimum Gasteiger partial charge on any atom is -0.315 e. The van der Waals surface area contributed by atoms with Gasteiger partial charge in [0, 0.05) is 19.6 Å². The molecule has 0 saturated carbocycles. The monoisotopic (exact) mass is 374 g/mol. The van der Waals surface area contributed by atoms with Crippen molar-refractivity contribution in [3.05, 3.63) is 101 Å². The molecule has 28 heavy (non-hydrogen) atoms. The predicted molar refractivity (Wildman–Crippen MR) is 114 cm³/mol. The van der Waals surface area contributed by atoms with Crippen molar-refractivity contribution in [2.75, 3.05) is 0 Å². The molecule has 0 N–H and O–H groups in total. The molecule has 6 nitrogen and oxygen atoms in total. The van der Waals surface area contributed by atoms with Gasteiger partial charge in [-0.1, -0.05) is 54.6 Å². The quantitative estimate of drug-likeness (QED) is 0.569. The van der Waals surface area contributed by atoms with Crippen molar-refractivity contribution in [1.82, 2.24) is 18.7 Å². The van der Waals surface area contributed by atoms with E-state index < -0.39 is 11.2 Å². The lowest BCUT2D eigenvalue weighted by Gasteiger charge is -2.09. The summed E-state index contributed by atoms with van der Waals surface area (Å²) in [5, 5.41) is 0. The van der Waals surface area contributed by atoms with Gasteiger partial charge in [0.15, 0.2) is 11.2 Å². The van der Waals surface area contributed by atoms with E-state index in [0.717, 1.165) is 10.1 Å². The minimum atomic E-state index is -0.431. The molecule has 0 saturated heterocycles. The fourth-order valence-corrected chi connectivity index (χ4v) is 3.07. The molecule has 0 radical (unpaired) electrons. The average molecular weight is 374 g/mol. The van der Waals surface area contributed by atoms with Gasteiger partial charge in [0.1, 0.15) is 5.82 Å². The number of benzene rings is 1. The van der Waals surface area contributed by atoms with Gasteiger partial charge in [-0.2, -0.15) is 0 Å². The highest BCUT2D eigenvalue weighted by atomic mass is 16.2. The Labute approximate surface area is 162 Å². The van der Waals surface area contributed by atoms with Crippen molar-refractivity contribution in [3.8, 4) is 0 Å². The molecule has 6 heteroatoms. The topological polar surface area (TPSA) is 61.8 Å². The smallest absolute Gasteiger partial charge is 0.315 e. The maximum atomic E-state index is 13.0. The zero-order valence-corrected chi connectivity index (χ0v) is 15.6. The second kappa shape index (κ2) is 8.35. The molecule has 1 aromatic carbocycles. The summed E-state index contributed by atoms with van der Waals surface area (Å²) in [6, 6.07) is 9.79. The van der Waals surface area contributed by atoms with Crippen LogP contribution in [0.3, 0.4) is 0 Å². The van der Waals surface area contributed by atoms with Crippen molar-refractivity contribution in [2.24, 2.45) is 0 Å². The Hall–Kier alpha value is -3.67. The van der Waals surface area contributed by atoms with Gasteiger partial charge in [-0.05, 0) is 11.6 Å². The van der Waals surface area contributed by atoms with Crippen LogP contribution in [0.4, 0.5) is 0 Å².